The summed E-state index contributed by atoms with van der Waals surface area (Å²) in [7, 11) is 0. The van der Waals surface area contributed by atoms with Crippen LogP contribution >= 0.6 is 116 Å². The van der Waals surface area contributed by atoms with Crippen molar-refractivity contribution in [2.75, 3.05) is 13.1 Å². The number of hydrogen-bond acceptors (Lipinski definition) is 14. The monoisotopic (exact) mass is 992 g/mol. The fraction of sp³-hybridized carbons (Fsp3) is 0.0870. The Labute approximate surface area is 398 Å². The molecule has 0 unspecified atom stereocenters. The zero-order valence-corrected chi connectivity index (χ0v) is 40.6. The van der Waals surface area contributed by atoms with Crippen LogP contribution in [-0.4, -0.2) is 43.3 Å². The van der Waals surface area contributed by atoms with Crippen molar-refractivity contribution in [3.05, 3.63) is 117 Å². The summed E-state index contributed by atoms with van der Waals surface area (Å²) >= 11 is 23.8. The van der Waals surface area contributed by atoms with Gasteiger partial charge in [-0.05, 0) is 123 Å². The normalized spacial score (nSPS) is 16.0. The van der Waals surface area contributed by atoms with Gasteiger partial charge in [0.05, 0.1) is 19.6 Å². The minimum absolute atomic E-state index is 0.0133. The predicted octanol–water partition coefficient (Wildman–Crippen LogP) is 16.0. The van der Waals surface area contributed by atoms with Crippen LogP contribution in [-0.2, 0) is 9.59 Å². The molecule has 0 saturated carbocycles. The van der Waals surface area contributed by atoms with E-state index in [2.05, 4.69) is 97.1 Å². The van der Waals surface area contributed by atoms with Gasteiger partial charge in [0.25, 0.3) is 11.8 Å². The van der Waals surface area contributed by atoms with Crippen molar-refractivity contribution in [3.63, 3.8) is 0 Å². The van der Waals surface area contributed by atoms with Crippen LogP contribution in [0.5, 0.6) is 0 Å². The lowest BCUT2D eigenvalue weighted by Gasteiger charge is -2.09. The quantitative estimate of drug-likeness (QED) is 0.0992. The number of carbonyl (C=O) groups is 2. The van der Waals surface area contributed by atoms with Crippen LogP contribution in [0, 0.1) is 0 Å². The predicted molar refractivity (Wildman–Crippen MR) is 277 cm³/mol. The molecule has 9 aromatic rings. The van der Waals surface area contributed by atoms with Crippen molar-refractivity contribution < 1.29 is 18.4 Å². The van der Waals surface area contributed by atoms with Crippen LogP contribution in [0.2, 0.25) is 0 Å². The summed E-state index contributed by atoms with van der Waals surface area (Å²) in [5.41, 5.74) is 1.65. The molecule has 0 bridgehead atoms. The summed E-state index contributed by atoms with van der Waals surface area (Å²) < 4.78 is 14.1. The second kappa shape index (κ2) is 16.4. The van der Waals surface area contributed by atoms with E-state index < -0.39 is 0 Å². The molecule has 2 aliphatic heterocycles. The van der Waals surface area contributed by atoms with Crippen LogP contribution in [0.3, 0.4) is 0 Å². The van der Waals surface area contributed by atoms with Gasteiger partial charge in [-0.1, -0.05) is 48.0 Å². The lowest BCUT2D eigenvalue weighted by Crippen LogP contribution is -2.27. The number of hydrogen-bond donors (Lipinski definition) is 0. The Morgan fingerprint density at radius 3 is 1.15 bits per heavy atom. The molecule has 0 radical (unpaired) electrons. The molecular formula is C46H28N2O4S10. The van der Waals surface area contributed by atoms with Gasteiger partial charge in [-0.3, -0.25) is 19.4 Å². The minimum atomic E-state index is -0.0133. The first-order chi connectivity index (χ1) is 30.2. The lowest BCUT2D eigenvalue weighted by atomic mass is 10.2. The molecule has 2 amide bonds. The molecule has 6 nitrogen and oxygen atoms in total. The van der Waals surface area contributed by atoms with E-state index in [4.69, 9.17) is 33.3 Å². The molecule has 0 aliphatic carbocycles. The molecule has 62 heavy (non-hydrogen) atoms. The van der Waals surface area contributed by atoms with E-state index in [9.17, 15) is 9.59 Å². The summed E-state index contributed by atoms with van der Waals surface area (Å²) in [5.74, 6) is 1.64. The standard InChI is InChI=1S/C46H28N2O4S10/c1-3-47-43(49)41(61-45(47)53)21-25-5-7-33(55-25)35-13-15-39(59-35)37-11-9-31(57-37)29-19-23-17-28-24(18-27(23)51-29)20-30(52-28)32-10-12-38(58-32)40-16-14-36(60-40)34-8-6-26(56-34)22-42-44(50)48(4-2)46(54)62-42/h5-22H,3-4H2,1-2H3/b41-21-,42-22-. The Morgan fingerprint density at radius 1 is 0.468 bits per heavy atom. The van der Waals surface area contributed by atoms with Gasteiger partial charge in [0, 0.05) is 72.6 Å². The van der Waals surface area contributed by atoms with Gasteiger partial charge in [0.15, 0.2) is 0 Å². The first kappa shape index (κ1) is 40.6. The van der Waals surface area contributed by atoms with Gasteiger partial charge in [-0.15, -0.1) is 68.0 Å². The molecule has 8 aromatic heterocycles. The third-order valence-corrected chi connectivity index (χ3v) is 20.2. The van der Waals surface area contributed by atoms with Gasteiger partial charge in [0.2, 0.25) is 0 Å². The molecular weight excluding hydrogens is 965 g/mol. The summed E-state index contributed by atoms with van der Waals surface area (Å²) in [6.45, 7) is 5.06. The maximum Gasteiger partial charge on any atom is 0.266 e. The van der Waals surface area contributed by atoms with E-state index in [0.717, 1.165) is 53.0 Å². The SMILES string of the molecule is CCN1C(=O)/C(=C/c2ccc(-c3ccc(-c4ccc(-c5cc6cc7oc(-c8ccc(-c9ccc(-c%10ccc(/C=C%11\SC(=S)N(CC)C%11=O)s%10)s9)s8)cc7cc6o5)s4)s3)s2)SC1=S. The second-order valence-electron chi connectivity index (χ2n) is 14.1. The molecule has 0 spiro atoms. The highest BCUT2D eigenvalue weighted by Crippen LogP contribution is 2.46. The summed E-state index contributed by atoms with van der Waals surface area (Å²) in [6, 6.07) is 34.0. The van der Waals surface area contributed by atoms with Gasteiger partial charge in [0.1, 0.15) is 31.3 Å². The van der Waals surface area contributed by atoms with Crippen molar-refractivity contribution in [3.8, 4) is 60.3 Å². The largest absolute Gasteiger partial charge is 0.455 e. The molecule has 306 valence electrons. The Balaban J connectivity index is 0.772. The zero-order chi connectivity index (χ0) is 42.2. The Bertz CT molecular complexity index is 3090. The van der Waals surface area contributed by atoms with Crippen LogP contribution < -0.4 is 0 Å². The number of thiophene rings is 6. The van der Waals surface area contributed by atoms with Crippen LogP contribution in [0.25, 0.3) is 94.4 Å². The zero-order valence-electron chi connectivity index (χ0n) is 32.4. The number of benzene rings is 1. The number of nitrogens with zero attached hydrogens (tertiary/aromatic N) is 2. The van der Waals surface area contributed by atoms with Crippen LogP contribution in [0.15, 0.2) is 116 Å². The van der Waals surface area contributed by atoms with E-state index in [1.807, 2.05) is 26.0 Å². The molecule has 0 atom stereocenters. The van der Waals surface area contributed by atoms with E-state index in [1.54, 1.807) is 77.8 Å². The highest BCUT2D eigenvalue weighted by molar-refractivity contribution is 8.27. The topological polar surface area (TPSA) is 66.9 Å². The number of furan rings is 2. The first-order valence-electron chi connectivity index (χ1n) is 19.3. The van der Waals surface area contributed by atoms with E-state index >= 15 is 0 Å². The molecule has 2 saturated heterocycles. The maximum absolute atomic E-state index is 12.7. The Morgan fingerprint density at radius 2 is 0.790 bits per heavy atom. The summed E-state index contributed by atoms with van der Waals surface area (Å²) in [4.78, 5) is 43.8. The average molecular weight is 993 g/mol. The van der Waals surface area contributed by atoms with E-state index in [1.165, 1.54) is 62.5 Å². The highest BCUT2D eigenvalue weighted by Gasteiger charge is 2.32. The van der Waals surface area contributed by atoms with Crippen molar-refractivity contribution in [2.24, 2.45) is 0 Å². The molecule has 0 N–H and O–H groups in total. The average Bonchev–Trinajstić information content (AvgIpc) is 4.10. The van der Waals surface area contributed by atoms with Crippen molar-refractivity contribution >= 4 is 171 Å². The number of carbonyl (C=O) groups excluding carboxylic acids is 2. The lowest BCUT2D eigenvalue weighted by molar-refractivity contribution is -0.122. The number of amides is 2. The number of thiocarbonyl (C=S) groups is 2. The minimum Gasteiger partial charge on any atom is -0.455 e. The number of rotatable bonds is 10. The van der Waals surface area contributed by atoms with E-state index in [0.29, 0.717) is 31.5 Å². The Kier molecular flexibility index (Phi) is 10.7. The molecule has 11 rings (SSSR count). The fourth-order valence-corrected chi connectivity index (χ4v) is 16.2. The number of fused-ring (bicyclic) bond motifs is 2. The molecule has 2 fully saturated rings. The third kappa shape index (κ3) is 7.47. The third-order valence-electron chi connectivity index (χ3n) is 10.2. The Hall–Kier alpha value is -4.20. The van der Waals surface area contributed by atoms with Crippen LogP contribution in [0.1, 0.15) is 23.6 Å². The van der Waals surface area contributed by atoms with Gasteiger partial charge in [-0.25, -0.2) is 0 Å². The van der Waals surface area contributed by atoms with Gasteiger partial charge < -0.3 is 8.83 Å². The number of thioether (sulfide) groups is 2. The highest BCUT2D eigenvalue weighted by atomic mass is 32.2. The summed E-state index contributed by atoms with van der Waals surface area (Å²) in [5, 5.41) is 2.00. The second-order valence-corrected chi connectivity index (χ2v) is 24.0. The first-order valence-corrected chi connectivity index (χ1v) is 26.6. The molecule has 2 aliphatic rings. The van der Waals surface area contributed by atoms with Crippen molar-refractivity contribution in [1.82, 2.24) is 9.80 Å². The van der Waals surface area contributed by atoms with Crippen molar-refractivity contribution in [1.29, 1.82) is 0 Å². The fourth-order valence-electron chi connectivity index (χ4n) is 7.16. The van der Waals surface area contributed by atoms with Gasteiger partial charge >= 0.3 is 0 Å². The van der Waals surface area contributed by atoms with Gasteiger partial charge in [-0.2, -0.15) is 0 Å². The molecule has 10 heterocycles. The summed E-state index contributed by atoms with van der Waals surface area (Å²) in [6.07, 6.45) is 3.91. The van der Waals surface area contributed by atoms with E-state index in [-0.39, 0.29) is 11.8 Å². The maximum atomic E-state index is 12.7. The number of likely N-dealkylation sites (N-methyl/N-ethyl adjacent to an activating group) is 2. The smallest absolute Gasteiger partial charge is 0.266 e. The van der Waals surface area contributed by atoms with Crippen LogP contribution in [0.4, 0.5) is 0 Å². The van der Waals surface area contributed by atoms with Crippen molar-refractivity contribution in [2.45, 2.75) is 13.8 Å². The molecule has 16 heteroatoms. The molecule has 1 aromatic carbocycles.